The van der Waals surface area contributed by atoms with Crippen molar-refractivity contribution in [1.29, 1.82) is 0 Å². The van der Waals surface area contributed by atoms with Crippen molar-refractivity contribution >= 4 is 0 Å². The number of likely N-dealkylation sites (tertiary alicyclic amines) is 2. The highest BCUT2D eigenvalue weighted by Crippen LogP contribution is 2.21. The van der Waals surface area contributed by atoms with Crippen LogP contribution in [0.2, 0.25) is 0 Å². The third-order valence-corrected chi connectivity index (χ3v) is 5.10. The number of nitrogens with zero attached hydrogens (tertiary/aromatic N) is 2. The Balaban J connectivity index is 1.73. The highest BCUT2D eigenvalue weighted by atomic mass is 15.2. The van der Waals surface area contributed by atoms with Crippen LogP contribution in [-0.4, -0.2) is 55.1 Å². The number of hydrogen-bond acceptors (Lipinski definition) is 3. The molecule has 0 spiro atoms. The Labute approximate surface area is 113 Å². The Hall–Kier alpha value is -0.120. The van der Waals surface area contributed by atoms with Gasteiger partial charge in [0.05, 0.1) is 0 Å². The molecule has 0 aromatic carbocycles. The van der Waals surface area contributed by atoms with Crippen molar-refractivity contribution in [3.63, 3.8) is 0 Å². The molecule has 3 nitrogen and oxygen atoms in total. The Morgan fingerprint density at radius 3 is 2.72 bits per heavy atom. The fourth-order valence-corrected chi connectivity index (χ4v) is 3.60. The van der Waals surface area contributed by atoms with Crippen LogP contribution in [0.3, 0.4) is 0 Å². The van der Waals surface area contributed by atoms with E-state index >= 15 is 0 Å². The molecule has 2 aliphatic heterocycles. The summed E-state index contributed by atoms with van der Waals surface area (Å²) in [6.45, 7) is 7.30. The first kappa shape index (κ1) is 14.3. The molecule has 0 amide bonds. The average Bonchev–Trinajstić information content (AvgIpc) is 2.39. The van der Waals surface area contributed by atoms with Crippen molar-refractivity contribution in [3.8, 4) is 0 Å². The summed E-state index contributed by atoms with van der Waals surface area (Å²) in [6.07, 6.45) is 8.00. The minimum absolute atomic E-state index is 0.448. The van der Waals surface area contributed by atoms with E-state index in [-0.39, 0.29) is 0 Å². The monoisotopic (exact) mass is 253 g/mol. The lowest BCUT2D eigenvalue weighted by molar-refractivity contribution is 0.119. The van der Waals surface area contributed by atoms with E-state index < -0.39 is 0 Å². The van der Waals surface area contributed by atoms with Crippen molar-refractivity contribution in [2.24, 2.45) is 11.7 Å². The molecule has 3 heteroatoms. The highest BCUT2D eigenvalue weighted by Gasteiger charge is 2.26. The van der Waals surface area contributed by atoms with Crippen LogP contribution in [0, 0.1) is 5.92 Å². The largest absolute Gasteiger partial charge is 0.327 e. The van der Waals surface area contributed by atoms with Crippen LogP contribution in [0.15, 0.2) is 0 Å². The second kappa shape index (κ2) is 6.88. The molecule has 0 aromatic heterocycles. The Bertz CT molecular complexity index is 244. The van der Waals surface area contributed by atoms with Gasteiger partial charge in [0.15, 0.2) is 0 Å². The maximum Gasteiger partial charge on any atom is 0.0104 e. The number of rotatable bonds is 4. The molecule has 18 heavy (non-hydrogen) atoms. The second-order valence-electron chi connectivity index (χ2n) is 6.34. The van der Waals surface area contributed by atoms with E-state index in [1.807, 2.05) is 0 Å². The zero-order chi connectivity index (χ0) is 13.0. The molecule has 2 heterocycles. The normalized spacial score (nSPS) is 35.8. The summed E-state index contributed by atoms with van der Waals surface area (Å²) in [6, 6.07) is 1.28. The molecular weight excluding hydrogens is 222 g/mol. The van der Waals surface area contributed by atoms with Gasteiger partial charge < -0.3 is 15.5 Å². The van der Waals surface area contributed by atoms with Gasteiger partial charge in [-0.05, 0) is 58.3 Å². The molecule has 2 saturated heterocycles. The minimum atomic E-state index is 0.448. The van der Waals surface area contributed by atoms with Crippen LogP contribution >= 0.6 is 0 Å². The summed E-state index contributed by atoms with van der Waals surface area (Å²) in [5.41, 5.74) is 6.18. The lowest BCUT2D eigenvalue weighted by Crippen LogP contribution is -2.48. The molecule has 0 radical (unpaired) electrons. The fourth-order valence-electron chi connectivity index (χ4n) is 3.60. The number of nitrogens with two attached hydrogens (primary N) is 1. The van der Waals surface area contributed by atoms with Crippen LogP contribution in [0.5, 0.6) is 0 Å². The topological polar surface area (TPSA) is 32.5 Å². The highest BCUT2D eigenvalue weighted by molar-refractivity contribution is 4.83. The van der Waals surface area contributed by atoms with Crippen LogP contribution < -0.4 is 5.73 Å². The zero-order valence-electron chi connectivity index (χ0n) is 12.3. The number of hydrogen-bond donors (Lipinski definition) is 1. The zero-order valence-corrected chi connectivity index (χ0v) is 12.3. The third-order valence-electron chi connectivity index (χ3n) is 5.10. The summed E-state index contributed by atoms with van der Waals surface area (Å²) in [4.78, 5) is 5.22. The summed E-state index contributed by atoms with van der Waals surface area (Å²) >= 11 is 0. The van der Waals surface area contributed by atoms with Gasteiger partial charge in [-0.15, -0.1) is 0 Å². The van der Waals surface area contributed by atoms with E-state index in [0.717, 1.165) is 12.0 Å². The van der Waals surface area contributed by atoms with Crippen molar-refractivity contribution in [1.82, 2.24) is 9.80 Å². The second-order valence-corrected chi connectivity index (χ2v) is 6.34. The maximum atomic E-state index is 6.18. The number of piperidine rings is 2. The summed E-state index contributed by atoms with van der Waals surface area (Å²) in [5.74, 6) is 0.725. The first-order chi connectivity index (χ1) is 8.70. The average molecular weight is 253 g/mol. The standard InChI is InChI=1S/C15H31N3/c1-3-13-12-18(11-8-15(13)16)10-7-14-6-4-5-9-17(14)2/h13-15H,3-12,16H2,1-2H3. The predicted octanol–water partition coefficient (Wildman–Crippen LogP) is 1.92. The maximum absolute atomic E-state index is 6.18. The Morgan fingerprint density at radius 1 is 1.17 bits per heavy atom. The van der Waals surface area contributed by atoms with Crippen LogP contribution in [0.25, 0.3) is 0 Å². The first-order valence-corrected chi connectivity index (χ1v) is 7.89. The lowest BCUT2D eigenvalue weighted by atomic mass is 9.90. The van der Waals surface area contributed by atoms with E-state index in [1.165, 1.54) is 64.7 Å². The van der Waals surface area contributed by atoms with E-state index in [2.05, 4.69) is 23.8 Å². The lowest BCUT2D eigenvalue weighted by Gasteiger charge is -2.39. The van der Waals surface area contributed by atoms with Gasteiger partial charge in [-0.1, -0.05) is 19.8 Å². The molecule has 0 bridgehead atoms. The van der Waals surface area contributed by atoms with Crippen molar-refractivity contribution < 1.29 is 0 Å². The molecule has 0 saturated carbocycles. The third kappa shape index (κ3) is 3.69. The molecule has 0 aliphatic carbocycles. The minimum Gasteiger partial charge on any atom is -0.327 e. The molecule has 2 fully saturated rings. The SMILES string of the molecule is CCC1CN(CCC2CCCCN2C)CCC1N. The molecule has 2 N–H and O–H groups in total. The predicted molar refractivity (Wildman–Crippen MR) is 77.7 cm³/mol. The molecule has 2 rings (SSSR count). The summed E-state index contributed by atoms with van der Waals surface area (Å²) in [5, 5.41) is 0. The van der Waals surface area contributed by atoms with Crippen molar-refractivity contribution in [2.45, 2.75) is 57.5 Å². The van der Waals surface area contributed by atoms with Crippen molar-refractivity contribution in [3.05, 3.63) is 0 Å². The van der Waals surface area contributed by atoms with Gasteiger partial charge in [-0.25, -0.2) is 0 Å². The van der Waals surface area contributed by atoms with Gasteiger partial charge in [0, 0.05) is 18.6 Å². The molecular formula is C15H31N3. The summed E-state index contributed by atoms with van der Waals surface area (Å²) in [7, 11) is 2.30. The van der Waals surface area contributed by atoms with Gasteiger partial charge in [0.2, 0.25) is 0 Å². The van der Waals surface area contributed by atoms with Crippen LogP contribution in [-0.2, 0) is 0 Å². The molecule has 2 aliphatic rings. The summed E-state index contributed by atoms with van der Waals surface area (Å²) < 4.78 is 0. The van der Waals surface area contributed by atoms with Crippen molar-refractivity contribution in [2.75, 3.05) is 33.2 Å². The van der Waals surface area contributed by atoms with Gasteiger partial charge in [-0.2, -0.15) is 0 Å². The van der Waals surface area contributed by atoms with Crippen LogP contribution in [0.1, 0.15) is 45.4 Å². The van der Waals surface area contributed by atoms with Gasteiger partial charge in [-0.3, -0.25) is 0 Å². The van der Waals surface area contributed by atoms with Gasteiger partial charge in [0.1, 0.15) is 0 Å². The fraction of sp³-hybridized carbons (Fsp3) is 1.00. The van der Waals surface area contributed by atoms with E-state index in [1.54, 1.807) is 0 Å². The van der Waals surface area contributed by atoms with Gasteiger partial charge >= 0.3 is 0 Å². The van der Waals surface area contributed by atoms with Gasteiger partial charge in [0.25, 0.3) is 0 Å². The van der Waals surface area contributed by atoms with Crippen LogP contribution in [0.4, 0.5) is 0 Å². The molecule has 106 valence electrons. The van der Waals surface area contributed by atoms with E-state index in [0.29, 0.717) is 6.04 Å². The smallest absolute Gasteiger partial charge is 0.0104 e. The molecule has 3 atom stereocenters. The quantitative estimate of drug-likeness (QED) is 0.831. The van der Waals surface area contributed by atoms with E-state index in [4.69, 9.17) is 5.73 Å². The molecule has 0 aromatic rings. The first-order valence-electron chi connectivity index (χ1n) is 7.89. The molecule has 3 unspecified atom stereocenters. The Kier molecular flexibility index (Phi) is 5.46. The van der Waals surface area contributed by atoms with E-state index in [9.17, 15) is 0 Å². The Morgan fingerprint density at radius 2 is 2.00 bits per heavy atom.